The number of halogens is 3. The molecule has 1 aliphatic carbocycles. The predicted molar refractivity (Wildman–Crippen MR) is 136 cm³/mol. The fourth-order valence-electron chi connectivity index (χ4n) is 4.73. The average molecular weight is 502 g/mol. The summed E-state index contributed by atoms with van der Waals surface area (Å²) >= 11 is 0. The highest BCUT2D eigenvalue weighted by molar-refractivity contribution is 6.14. The van der Waals surface area contributed by atoms with Crippen molar-refractivity contribution in [1.29, 1.82) is 0 Å². The van der Waals surface area contributed by atoms with Gasteiger partial charge in [0, 0.05) is 56.1 Å². The molecule has 5 rings (SSSR count). The van der Waals surface area contributed by atoms with Crippen LogP contribution in [0.4, 0.5) is 0 Å². The van der Waals surface area contributed by atoms with Crippen molar-refractivity contribution in [2.75, 3.05) is 32.7 Å². The smallest absolute Gasteiger partial charge is 0.276 e. The summed E-state index contributed by atoms with van der Waals surface area (Å²) in [6.45, 7) is 5.13. The van der Waals surface area contributed by atoms with Gasteiger partial charge in [0.15, 0.2) is 0 Å². The maximum absolute atomic E-state index is 12.5. The Morgan fingerprint density at radius 1 is 1.06 bits per heavy atom. The lowest BCUT2D eigenvalue weighted by atomic mass is 9.89. The summed E-state index contributed by atoms with van der Waals surface area (Å²) in [5.74, 6) is 1.43. The van der Waals surface area contributed by atoms with Crippen molar-refractivity contribution in [3.8, 4) is 0 Å². The molecule has 0 spiro atoms. The molecule has 2 N–H and O–H groups in total. The van der Waals surface area contributed by atoms with Crippen LogP contribution in [0, 0.1) is 5.92 Å². The molecule has 7 nitrogen and oxygen atoms in total. The second-order valence-corrected chi connectivity index (χ2v) is 8.35. The number of fused-ring (bicyclic) bond motifs is 1. The summed E-state index contributed by atoms with van der Waals surface area (Å²) in [4.78, 5) is 29.3. The van der Waals surface area contributed by atoms with Gasteiger partial charge in [-0.2, -0.15) is 0 Å². The van der Waals surface area contributed by atoms with Gasteiger partial charge in [-0.15, -0.1) is 37.2 Å². The minimum atomic E-state index is -0.136. The van der Waals surface area contributed by atoms with Gasteiger partial charge in [-0.05, 0) is 37.0 Å². The van der Waals surface area contributed by atoms with Crippen molar-refractivity contribution in [2.24, 2.45) is 10.9 Å². The van der Waals surface area contributed by atoms with Crippen LogP contribution in [0.25, 0.3) is 17.1 Å². The Morgan fingerprint density at radius 2 is 1.81 bits per heavy atom. The molecule has 0 unspecified atom stereocenters. The highest BCUT2D eigenvalue weighted by atomic mass is 35.5. The van der Waals surface area contributed by atoms with Crippen molar-refractivity contribution >= 4 is 66.2 Å². The molecule has 32 heavy (non-hydrogen) atoms. The highest BCUT2D eigenvalue weighted by Crippen LogP contribution is 2.25. The Labute approximate surface area is 207 Å². The number of guanidine groups is 1. The normalized spacial score (nSPS) is 20.9. The highest BCUT2D eigenvalue weighted by Gasteiger charge is 2.28. The van der Waals surface area contributed by atoms with Gasteiger partial charge < -0.3 is 9.88 Å². The molecule has 4 heterocycles. The molecule has 0 aromatic carbocycles. The summed E-state index contributed by atoms with van der Waals surface area (Å²) in [6.07, 6.45) is 12.4. The Balaban J connectivity index is 0.00000121. The van der Waals surface area contributed by atoms with E-state index in [9.17, 15) is 4.79 Å². The van der Waals surface area contributed by atoms with E-state index in [0.717, 1.165) is 48.7 Å². The van der Waals surface area contributed by atoms with Gasteiger partial charge in [0.05, 0.1) is 0 Å². The third-order valence-corrected chi connectivity index (χ3v) is 6.37. The van der Waals surface area contributed by atoms with E-state index in [4.69, 9.17) is 0 Å². The Bertz CT molecular complexity index is 961. The molecule has 2 fully saturated rings. The molecule has 0 bridgehead atoms. The van der Waals surface area contributed by atoms with Gasteiger partial charge >= 0.3 is 0 Å². The van der Waals surface area contributed by atoms with Crippen molar-refractivity contribution in [3.63, 3.8) is 0 Å². The lowest BCUT2D eigenvalue weighted by molar-refractivity contribution is -0.115. The van der Waals surface area contributed by atoms with Gasteiger partial charge in [0.2, 0.25) is 5.96 Å². The Kier molecular flexibility index (Phi) is 9.83. The first-order valence-corrected chi connectivity index (χ1v) is 10.8. The van der Waals surface area contributed by atoms with Crippen LogP contribution in [-0.2, 0) is 4.79 Å². The minimum Gasteiger partial charge on any atom is -0.346 e. The number of hydrogen-bond acceptors (Lipinski definition) is 5. The van der Waals surface area contributed by atoms with E-state index in [1.807, 2.05) is 24.4 Å². The number of carbonyl (C=O) groups excluding carboxylic acids is 1. The van der Waals surface area contributed by atoms with Crippen LogP contribution in [0.2, 0.25) is 0 Å². The molecule has 1 amide bonds. The number of piperazine rings is 1. The molecule has 2 aliphatic heterocycles. The molecule has 0 atom stereocenters. The fraction of sp³-hybridized carbons (Fsp3) is 0.500. The Morgan fingerprint density at radius 3 is 2.56 bits per heavy atom. The zero-order chi connectivity index (χ0) is 19.6. The number of pyridine rings is 1. The third kappa shape index (κ3) is 5.76. The van der Waals surface area contributed by atoms with Crippen LogP contribution >= 0.6 is 37.2 Å². The van der Waals surface area contributed by atoms with Gasteiger partial charge in [0.1, 0.15) is 11.3 Å². The van der Waals surface area contributed by atoms with E-state index in [0.29, 0.717) is 11.7 Å². The van der Waals surface area contributed by atoms with E-state index >= 15 is 0 Å². The number of hydrogen-bond donors (Lipinski definition) is 2. The number of nitrogens with one attached hydrogen (secondary N) is 2. The number of nitrogens with zero attached hydrogens (tertiary/aromatic N) is 4. The lowest BCUT2D eigenvalue weighted by Crippen LogP contribution is -2.52. The van der Waals surface area contributed by atoms with Crippen molar-refractivity contribution in [1.82, 2.24) is 25.1 Å². The molecule has 176 valence electrons. The van der Waals surface area contributed by atoms with Crippen molar-refractivity contribution < 1.29 is 4.79 Å². The topological polar surface area (TPSA) is 76.6 Å². The molecule has 1 saturated carbocycles. The summed E-state index contributed by atoms with van der Waals surface area (Å²) in [5, 5.41) is 3.95. The number of amides is 1. The molecule has 10 heteroatoms. The number of aromatic nitrogens is 2. The van der Waals surface area contributed by atoms with Gasteiger partial charge in [0.25, 0.3) is 5.91 Å². The van der Waals surface area contributed by atoms with Crippen LogP contribution in [0.5, 0.6) is 0 Å². The molecular weight excluding hydrogens is 471 g/mol. The number of rotatable bonds is 3. The van der Waals surface area contributed by atoms with Crippen molar-refractivity contribution in [2.45, 2.75) is 32.1 Å². The average Bonchev–Trinajstić information content (AvgIpc) is 3.33. The monoisotopic (exact) mass is 500 g/mol. The van der Waals surface area contributed by atoms with Crippen LogP contribution in [0.15, 0.2) is 35.2 Å². The summed E-state index contributed by atoms with van der Waals surface area (Å²) < 4.78 is 0. The zero-order valence-electron chi connectivity index (χ0n) is 18.0. The van der Waals surface area contributed by atoms with E-state index < -0.39 is 0 Å². The quantitative estimate of drug-likeness (QED) is 0.626. The second kappa shape index (κ2) is 11.9. The standard InChI is InChI=1S/C22H28N6O.3ClH/c29-21-19(13-17-14-24-20-18(17)7-4-8-23-20)25-22(26-21)28-11-9-27(10-12-28)15-16-5-2-1-3-6-16;;;/h4,7-8,13-14,16H,1-3,5-6,9-12,15H2,(H,23,24)(H,25,26,29);3*1H. The molecule has 2 aromatic rings. The van der Waals surface area contributed by atoms with E-state index in [1.165, 1.54) is 38.6 Å². The number of aromatic amines is 1. The van der Waals surface area contributed by atoms with Gasteiger partial charge in [-0.25, -0.2) is 9.98 Å². The summed E-state index contributed by atoms with van der Waals surface area (Å²) in [5.41, 5.74) is 2.20. The van der Waals surface area contributed by atoms with Crippen LogP contribution < -0.4 is 5.32 Å². The first kappa shape index (κ1) is 26.5. The Hall–Kier alpha value is -1.80. The van der Waals surface area contributed by atoms with E-state index in [2.05, 4.69) is 30.1 Å². The molecular formula is C22H31Cl3N6O. The maximum Gasteiger partial charge on any atom is 0.276 e. The molecule has 1 saturated heterocycles. The molecule has 2 aromatic heterocycles. The fourth-order valence-corrected chi connectivity index (χ4v) is 4.73. The minimum absolute atomic E-state index is 0. The van der Waals surface area contributed by atoms with Crippen LogP contribution in [0.3, 0.4) is 0 Å². The van der Waals surface area contributed by atoms with Crippen molar-refractivity contribution in [3.05, 3.63) is 35.8 Å². The largest absolute Gasteiger partial charge is 0.346 e. The maximum atomic E-state index is 12.5. The van der Waals surface area contributed by atoms with E-state index in [1.54, 1.807) is 6.20 Å². The van der Waals surface area contributed by atoms with Gasteiger partial charge in [-0.1, -0.05) is 19.3 Å². The summed E-state index contributed by atoms with van der Waals surface area (Å²) in [7, 11) is 0. The van der Waals surface area contributed by atoms with Gasteiger partial charge in [-0.3, -0.25) is 15.0 Å². The second-order valence-electron chi connectivity index (χ2n) is 8.35. The van der Waals surface area contributed by atoms with E-state index in [-0.39, 0.29) is 43.1 Å². The molecule has 3 aliphatic rings. The SMILES string of the molecule is Cl.Cl.Cl.O=C1NC(N2CCN(CC3CCCCC3)CC2)=NC1=Cc1c[nH]c2ncccc12. The summed E-state index contributed by atoms with van der Waals surface area (Å²) in [6, 6.07) is 3.89. The van der Waals surface area contributed by atoms with Crippen LogP contribution in [0.1, 0.15) is 37.7 Å². The molecule has 0 radical (unpaired) electrons. The van der Waals surface area contributed by atoms with Crippen LogP contribution in [-0.4, -0.2) is 64.4 Å². The third-order valence-electron chi connectivity index (χ3n) is 6.37. The first-order chi connectivity index (χ1) is 14.3. The first-order valence-electron chi connectivity index (χ1n) is 10.8. The zero-order valence-corrected chi connectivity index (χ0v) is 20.4. The lowest BCUT2D eigenvalue weighted by Gasteiger charge is -2.37. The predicted octanol–water partition coefficient (Wildman–Crippen LogP) is 3.85. The number of aliphatic imine (C=N–C) groups is 1. The number of H-pyrrole nitrogens is 1. The number of carbonyl (C=O) groups is 1.